The van der Waals surface area contributed by atoms with Crippen molar-refractivity contribution < 1.29 is 14.6 Å². The third-order valence-corrected chi connectivity index (χ3v) is 2.72. The molecule has 2 rings (SSSR count). The Morgan fingerprint density at radius 3 is 3.06 bits per heavy atom. The first-order valence-corrected chi connectivity index (χ1v) is 5.89. The number of hydrogen-bond donors (Lipinski definition) is 2. The SMILES string of the molecule is C[C@H](O)COc1cccc2c1CCCC(=O)N2. The van der Waals surface area contributed by atoms with E-state index in [0.29, 0.717) is 6.42 Å². The molecule has 0 saturated carbocycles. The maximum Gasteiger partial charge on any atom is 0.224 e. The van der Waals surface area contributed by atoms with Crippen LogP contribution < -0.4 is 10.1 Å². The number of ether oxygens (including phenoxy) is 1. The van der Waals surface area contributed by atoms with Crippen LogP contribution >= 0.6 is 0 Å². The summed E-state index contributed by atoms with van der Waals surface area (Å²) in [6.45, 7) is 1.95. The van der Waals surface area contributed by atoms with Crippen molar-refractivity contribution in [1.82, 2.24) is 0 Å². The van der Waals surface area contributed by atoms with Crippen molar-refractivity contribution in [2.24, 2.45) is 0 Å². The van der Waals surface area contributed by atoms with Crippen LogP contribution in [0, 0.1) is 0 Å². The Kier molecular flexibility index (Phi) is 3.64. The van der Waals surface area contributed by atoms with E-state index in [4.69, 9.17) is 4.74 Å². The van der Waals surface area contributed by atoms with Crippen LogP contribution in [0.2, 0.25) is 0 Å². The molecule has 0 aliphatic carbocycles. The number of aliphatic hydroxyl groups excluding tert-OH is 1. The summed E-state index contributed by atoms with van der Waals surface area (Å²) in [4.78, 5) is 11.4. The van der Waals surface area contributed by atoms with E-state index < -0.39 is 6.10 Å². The fraction of sp³-hybridized carbons (Fsp3) is 0.462. The van der Waals surface area contributed by atoms with Crippen LogP contribution in [0.25, 0.3) is 0 Å². The molecule has 4 nitrogen and oxygen atoms in total. The Balaban J connectivity index is 2.22. The Labute approximate surface area is 101 Å². The highest BCUT2D eigenvalue weighted by Gasteiger charge is 2.16. The van der Waals surface area contributed by atoms with E-state index in [9.17, 15) is 9.90 Å². The lowest BCUT2D eigenvalue weighted by Crippen LogP contribution is -2.14. The highest BCUT2D eigenvalue weighted by Crippen LogP contribution is 2.30. The van der Waals surface area contributed by atoms with E-state index >= 15 is 0 Å². The van der Waals surface area contributed by atoms with Gasteiger partial charge in [0.15, 0.2) is 0 Å². The average molecular weight is 235 g/mol. The summed E-state index contributed by atoms with van der Waals surface area (Å²) >= 11 is 0. The van der Waals surface area contributed by atoms with Crippen molar-refractivity contribution in [3.05, 3.63) is 23.8 Å². The molecule has 1 aromatic rings. The van der Waals surface area contributed by atoms with E-state index in [0.717, 1.165) is 29.8 Å². The summed E-state index contributed by atoms with van der Waals surface area (Å²) in [5.74, 6) is 0.807. The van der Waals surface area contributed by atoms with Crippen molar-refractivity contribution in [3.8, 4) is 5.75 Å². The summed E-state index contributed by atoms with van der Waals surface area (Å²) in [6, 6.07) is 5.61. The van der Waals surface area contributed by atoms with Gasteiger partial charge in [-0.1, -0.05) is 6.07 Å². The number of aliphatic hydroxyl groups is 1. The zero-order valence-corrected chi connectivity index (χ0v) is 9.90. The van der Waals surface area contributed by atoms with Gasteiger partial charge < -0.3 is 15.2 Å². The van der Waals surface area contributed by atoms with E-state index in [1.165, 1.54) is 0 Å². The largest absolute Gasteiger partial charge is 0.491 e. The van der Waals surface area contributed by atoms with Gasteiger partial charge in [0.25, 0.3) is 0 Å². The second-order valence-electron chi connectivity index (χ2n) is 4.34. The molecular formula is C13H17NO3. The molecule has 0 spiro atoms. The van der Waals surface area contributed by atoms with Crippen LogP contribution in [0.1, 0.15) is 25.3 Å². The van der Waals surface area contributed by atoms with Gasteiger partial charge in [-0.05, 0) is 31.9 Å². The summed E-state index contributed by atoms with van der Waals surface area (Å²) in [5, 5.41) is 12.1. The molecule has 1 aromatic carbocycles. The van der Waals surface area contributed by atoms with E-state index in [2.05, 4.69) is 5.32 Å². The summed E-state index contributed by atoms with van der Waals surface area (Å²) in [6.07, 6.45) is 1.70. The second-order valence-corrected chi connectivity index (χ2v) is 4.34. The maximum atomic E-state index is 11.4. The van der Waals surface area contributed by atoms with Gasteiger partial charge in [-0.15, -0.1) is 0 Å². The van der Waals surface area contributed by atoms with E-state index in [1.54, 1.807) is 6.92 Å². The normalized spacial score (nSPS) is 16.7. The van der Waals surface area contributed by atoms with Crippen molar-refractivity contribution in [3.63, 3.8) is 0 Å². The number of carbonyl (C=O) groups is 1. The van der Waals surface area contributed by atoms with Crippen LogP contribution in [0.3, 0.4) is 0 Å². The van der Waals surface area contributed by atoms with Crippen molar-refractivity contribution in [2.75, 3.05) is 11.9 Å². The van der Waals surface area contributed by atoms with Gasteiger partial charge in [-0.3, -0.25) is 4.79 Å². The molecule has 0 aromatic heterocycles. The van der Waals surface area contributed by atoms with Crippen LogP contribution in [-0.4, -0.2) is 23.7 Å². The second kappa shape index (κ2) is 5.19. The van der Waals surface area contributed by atoms with Crippen molar-refractivity contribution >= 4 is 11.6 Å². The first-order valence-electron chi connectivity index (χ1n) is 5.89. The number of hydrogen-bond acceptors (Lipinski definition) is 3. The number of amides is 1. The van der Waals surface area contributed by atoms with Crippen molar-refractivity contribution in [1.29, 1.82) is 0 Å². The molecule has 92 valence electrons. The molecule has 1 aliphatic rings. The fourth-order valence-electron chi connectivity index (χ4n) is 1.92. The van der Waals surface area contributed by atoms with Crippen LogP contribution in [0.4, 0.5) is 5.69 Å². The summed E-state index contributed by atoms with van der Waals surface area (Å²) < 4.78 is 5.56. The minimum absolute atomic E-state index is 0.0522. The minimum Gasteiger partial charge on any atom is -0.491 e. The lowest BCUT2D eigenvalue weighted by atomic mass is 10.1. The number of anilines is 1. The number of nitrogens with one attached hydrogen (secondary N) is 1. The third kappa shape index (κ3) is 2.97. The molecule has 0 fully saturated rings. The topological polar surface area (TPSA) is 58.6 Å². The predicted octanol–water partition coefficient (Wildman–Crippen LogP) is 1.72. The van der Waals surface area contributed by atoms with Gasteiger partial charge in [0.2, 0.25) is 5.91 Å². The molecule has 1 heterocycles. The minimum atomic E-state index is -0.494. The molecule has 2 N–H and O–H groups in total. The Morgan fingerprint density at radius 1 is 1.47 bits per heavy atom. The molecule has 0 saturated heterocycles. The smallest absolute Gasteiger partial charge is 0.224 e. The number of fused-ring (bicyclic) bond motifs is 1. The monoisotopic (exact) mass is 235 g/mol. The predicted molar refractivity (Wildman–Crippen MR) is 65.2 cm³/mol. The van der Waals surface area contributed by atoms with Crippen LogP contribution in [0.15, 0.2) is 18.2 Å². The number of benzene rings is 1. The number of carbonyl (C=O) groups excluding carboxylic acids is 1. The Morgan fingerprint density at radius 2 is 2.29 bits per heavy atom. The Bertz CT molecular complexity index is 415. The van der Waals surface area contributed by atoms with Crippen LogP contribution in [-0.2, 0) is 11.2 Å². The molecule has 0 bridgehead atoms. The molecule has 4 heteroatoms. The van der Waals surface area contributed by atoms with Crippen LogP contribution in [0.5, 0.6) is 5.75 Å². The first-order chi connectivity index (χ1) is 8.16. The first kappa shape index (κ1) is 11.9. The average Bonchev–Trinajstić information content (AvgIpc) is 2.47. The van der Waals surface area contributed by atoms with Gasteiger partial charge in [0.05, 0.1) is 6.10 Å². The summed E-state index contributed by atoms with van der Waals surface area (Å²) in [7, 11) is 0. The van der Waals surface area contributed by atoms with E-state index in [-0.39, 0.29) is 12.5 Å². The van der Waals surface area contributed by atoms with E-state index in [1.807, 2.05) is 18.2 Å². The van der Waals surface area contributed by atoms with Crippen molar-refractivity contribution in [2.45, 2.75) is 32.3 Å². The standard InChI is InChI=1S/C13H17NO3/c1-9(15)8-17-12-6-3-5-11-10(12)4-2-7-13(16)14-11/h3,5-6,9,15H,2,4,7-8H2,1H3,(H,14,16)/t9-/m0/s1. The quantitative estimate of drug-likeness (QED) is 0.838. The highest BCUT2D eigenvalue weighted by atomic mass is 16.5. The third-order valence-electron chi connectivity index (χ3n) is 2.72. The Hall–Kier alpha value is -1.55. The molecule has 0 radical (unpaired) electrons. The molecule has 1 amide bonds. The summed E-state index contributed by atoms with van der Waals surface area (Å²) in [5.41, 5.74) is 1.86. The highest BCUT2D eigenvalue weighted by molar-refractivity contribution is 5.92. The fourth-order valence-corrected chi connectivity index (χ4v) is 1.92. The molecular weight excluding hydrogens is 218 g/mol. The van der Waals surface area contributed by atoms with Gasteiger partial charge in [0, 0.05) is 17.7 Å². The lowest BCUT2D eigenvalue weighted by molar-refractivity contribution is -0.116. The lowest BCUT2D eigenvalue weighted by Gasteiger charge is -2.14. The molecule has 1 aliphatic heterocycles. The van der Waals surface area contributed by atoms with Gasteiger partial charge in [-0.2, -0.15) is 0 Å². The van der Waals surface area contributed by atoms with Gasteiger partial charge in [0.1, 0.15) is 12.4 Å². The van der Waals surface area contributed by atoms with Gasteiger partial charge >= 0.3 is 0 Å². The molecule has 1 atom stereocenters. The number of rotatable bonds is 3. The zero-order valence-electron chi connectivity index (χ0n) is 9.90. The van der Waals surface area contributed by atoms with Gasteiger partial charge in [-0.25, -0.2) is 0 Å². The molecule has 17 heavy (non-hydrogen) atoms. The zero-order chi connectivity index (χ0) is 12.3. The molecule has 0 unspecified atom stereocenters. The maximum absolute atomic E-state index is 11.4.